The number of nitro benzene ring substituents is 1. The molecule has 1 saturated carbocycles. The van der Waals surface area contributed by atoms with E-state index in [0.717, 1.165) is 47.9 Å². The van der Waals surface area contributed by atoms with Crippen molar-refractivity contribution in [2.24, 2.45) is 0 Å². The zero-order valence-electron chi connectivity index (χ0n) is 29.9. The van der Waals surface area contributed by atoms with Gasteiger partial charge in [0, 0.05) is 44.7 Å². The van der Waals surface area contributed by atoms with Crippen molar-refractivity contribution in [2.75, 3.05) is 32.7 Å². The number of nitro groups is 1. The number of hydrogen-bond acceptors (Lipinski definition) is 7. The van der Waals surface area contributed by atoms with Crippen LogP contribution in [0.3, 0.4) is 0 Å². The van der Waals surface area contributed by atoms with Crippen LogP contribution < -0.4 is 10.1 Å². The van der Waals surface area contributed by atoms with Gasteiger partial charge in [-0.1, -0.05) is 116 Å². The van der Waals surface area contributed by atoms with Crippen LogP contribution in [0.15, 0.2) is 109 Å². The first-order valence-electron chi connectivity index (χ1n) is 18.4. The lowest BCUT2D eigenvalue weighted by Crippen LogP contribution is -2.46. The summed E-state index contributed by atoms with van der Waals surface area (Å²) >= 11 is 0. The molecule has 0 heterocycles. The Balaban J connectivity index is 1.14. The van der Waals surface area contributed by atoms with Crippen molar-refractivity contribution >= 4 is 17.7 Å². The maximum atomic E-state index is 13.8. The minimum absolute atomic E-state index is 0.0380. The number of carbonyl (C=O) groups excluding carboxylic acids is 2. The molecule has 0 aliphatic heterocycles. The monoisotopic (exact) mass is 706 g/mol. The molecular formula is C42H50N4O6. The predicted octanol–water partition coefficient (Wildman–Crippen LogP) is 7.74. The van der Waals surface area contributed by atoms with Crippen molar-refractivity contribution in [1.82, 2.24) is 15.1 Å². The summed E-state index contributed by atoms with van der Waals surface area (Å²) < 4.78 is 11.5. The van der Waals surface area contributed by atoms with E-state index in [1.807, 2.05) is 102 Å². The number of ether oxygens (including phenoxy) is 2. The molecule has 0 spiro atoms. The first-order valence-corrected chi connectivity index (χ1v) is 18.4. The molecule has 274 valence electrons. The molecule has 0 saturated heterocycles. The van der Waals surface area contributed by atoms with Crippen LogP contribution >= 0.6 is 0 Å². The topological polar surface area (TPSA) is 114 Å². The van der Waals surface area contributed by atoms with Crippen molar-refractivity contribution in [3.63, 3.8) is 0 Å². The van der Waals surface area contributed by atoms with Crippen LogP contribution in [0.1, 0.15) is 60.8 Å². The van der Waals surface area contributed by atoms with E-state index >= 15 is 0 Å². The molecule has 1 aliphatic carbocycles. The van der Waals surface area contributed by atoms with Crippen molar-refractivity contribution in [1.29, 1.82) is 0 Å². The van der Waals surface area contributed by atoms with Crippen LogP contribution in [0.4, 0.5) is 10.5 Å². The van der Waals surface area contributed by atoms with Gasteiger partial charge in [0.05, 0.1) is 4.92 Å². The smallest absolute Gasteiger partial charge is 0.410 e. The third kappa shape index (κ3) is 12.2. The second kappa shape index (κ2) is 20.6. The van der Waals surface area contributed by atoms with Crippen LogP contribution in [0.5, 0.6) is 5.75 Å². The van der Waals surface area contributed by atoms with Crippen LogP contribution in [-0.2, 0) is 35.6 Å². The van der Waals surface area contributed by atoms with Gasteiger partial charge in [-0.05, 0) is 60.5 Å². The number of rotatable bonds is 19. The Hall–Kier alpha value is -5.22. The lowest BCUT2D eigenvalue weighted by molar-refractivity contribution is -0.386. The Bertz CT molecular complexity index is 1680. The summed E-state index contributed by atoms with van der Waals surface area (Å²) in [6.45, 7) is 2.91. The van der Waals surface area contributed by atoms with Crippen molar-refractivity contribution < 1.29 is 24.0 Å². The van der Waals surface area contributed by atoms with E-state index in [2.05, 4.69) is 5.32 Å². The number of nitrogens with one attached hydrogen (secondary N) is 1. The average molecular weight is 707 g/mol. The fourth-order valence-electron chi connectivity index (χ4n) is 6.57. The molecule has 1 N–H and O–H groups in total. The van der Waals surface area contributed by atoms with E-state index in [-0.39, 0.29) is 49.6 Å². The number of benzene rings is 4. The normalized spacial score (nSPS) is 12.9. The van der Waals surface area contributed by atoms with Gasteiger partial charge >= 0.3 is 11.8 Å². The van der Waals surface area contributed by atoms with E-state index in [9.17, 15) is 19.7 Å². The van der Waals surface area contributed by atoms with Gasteiger partial charge in [-0.3, -0.25) is 14.9 Å². The molecule has 10 nitrogen and oxygen atoms in total. The second-order valence-corrected chi connectivity index (χ2v) is 13.2. The Morgan fingerprint density at radius 1 is 0.712 bits per heavy atom. The average Bonchev–Trinajstić information content (AvgIpc) is 3.19. The van der Waals surface area contributed by atoms with Gasteiger partial charge in [0.1, 0.15) is 13.2 Å². The SMILES string of the molecule is O=C(OCc1ccccc1)N(CCC(=O)N(CCNCCc1ccc(OCc2ccccc2)c([N+](=O)[O-])c1)C1CCCCC1)CCc1ccccc1. The fourth-order valence-corrected chi connectivity index (χ4v) is 6.57. The van der Waals surface area contributed by atoms with Gasteiger partial charge in [-0.2, -0.15) is 0 Å². The van der Waals surface area contributed by atoms with E-state index in [1.54, 1.807) is 17.0 Å². The van der Waals surface area contributed by atoms with Crippen LogP contribution in [0, 0.1) is 10.1 Å². The van der Waals surface area contributed by atoms with E-state index in [4.69, 9.17) is 9.47 Å². The van der Waals surface area contributed by atoms with E-state index in [0.29, 0.717) is 39.0 Å². The molecular weight excluding hydrogens is 656 g/mol. The van der Waals surface area contributed by atoms with Crippen LogP contribution in [0.2, 0.25) is 0 Å². The molecule has 4 aromatic carbocycles. The highest BCUT2D eigenvalue weighted by atomic mass is 16.6. The number of carbonyl (C=O) groups is 2. The van der Waals surface area contributed by atoms with Crippen molar-refractivity contribution in [3.05, 3.63) is 142 Å². The summed E-state index contributed by atoms with van der Waals surface area (Å²) in [4.78, 5) is 42.2. The van der Waals surface area contributed by atoms with E-state index < -0.39 is 11.0 Å². The quantitative estimate of drug-likeness (QED) is 0.0603. The summed E-state index contributed by atoms with van der Waals surface area (Å²) in [5.74, 6) is 0.284. The Morgan fingerprint density at radius 3 is 2.00 bits per heavy atom. The highest BCUT2D eigenvalue weighted by Gasteiger charge is 2.26. The number of amides is 2. The van der Waals surface area contributed by atoms with E-state index in [1.165, 1.54) is 6.42 Å². The van der Waals surface area contributed by atoms with Gasteiger partial charge in [-0.25, -0.2) is 4.79 Å². The summed E-state index contributed by atoms with van der Waals surface area (Å²) in [5, 5.41) is 15.3. The van der Waals surface area contributed by atoms with Crippen LogP contribution in [0.25, 0.3) is 0 Å². The molecule has 0 radical (unpaired) electrons. The summed E-state index contributed by atoms with van der Waals surface area (Å²) in [6, 6.07) is 34.4. The molecule has 5 rings (SSSR count). The first kappa shape index (κ1) is 38.0. The molecule has 0 aromatic heterocycles. The molecule has 0 unspecified atom stereocenters. The molecule has 1 fully saturated rings. The van der Waals surface area contributed by atoms with Crippen molar-refractivity contribution in [2.45, 2.75) is 70.6 Å². The Labute approximate surface area is 306 Å². The number of nitrogens with zero attached hydrogens (tertiary/aromatic N) is 3. The molecule has 0 bridgehead atoms. The summed E-state index contributed by atoms with van der Waals surface area (Å²) in [5.41, 5.74) is 3.75. The first-order chi connectivity index (χ1) is 25.5. The minimum atomic E-state index is -0.422. The Morgan fingerprint density at radius 2 is 1.35 bits per heavy atom. The zero-order valence-corrected chi connectivity index (χ0v) is 29.9. The zero-order chi connectivity index (χ0) is 36.4. The summed E-state index contributed by atoms with van der Waals surface area (Å²) in [6.07, 6.45) is 6.39. The second-order valence-electron chi connectivity index (χ2n) is 13.2. The lowest BCUT2D eigenvalue weighted by Gasteiger charge is -2.35. The third-order valence-corrected chi connectivity index (χ3v) is 9.49. The molecule has 0 atom stereocenters. The van der Waals surface area contributed by atoms with Crippen molar-refractivity contribution in [3.8, 4) is 5.75 Å². The molecule has 10 heteroatoms. The van der Waals surface area contributed by atoms with Gasteiger partial charge in [0.15, 0.2) is 5.75 Å². The minimum Gasteiger partial charge on any atom is -0.482 e. The summed E-state index contributed by atoms with van der Waals surface area (Å²) in [7, 11) is 0. The maximum Gasteiger partial charge on any atom is 0.410 e. The largest absolute Gasteiger partial charge is 0.482 e. The van der Waals surface area contributed by atoms with Crippen LogP contribution in [-0.4, -0.2) is 65.5 Å². The molecule has 1 aliphatic rings. The fraction of sp³-hybridized carbons (Fsp3) is 0.381. The predicted molar refractivity (Wildman–Crippen MR) is 202 cm³/mol. The highest BCUT2D eigenvalue weighted by Crippen LogP contribution is 2.29. The van der Waals surface area contributed by atoms with Gasteiger partial charge < -0.3 is 24.6 Å². The molecule has 2 amide bonds. The number of hydrogen-bond donors (Lipinski definition) is 1. The van der Waals surface area contributed by atoms with Gasteiger partial charge in [-0.15, -0.1) is 0 Å². The Kier molecular flexibility index (Phi) is 15.1. The standard InChI is InChI=1S/C42H50N4O6/c47-41(25-29-44(28-24-34-13-5-1-6-14-34)42(48)52-33-37-17-9-3-10-18-37)45(38-19-11-4-12-20-38)30-27-43-26-23-35-21-22-40(39(31-35)46(49)50)51-32-36-15-7-2-8-16-36/h1-3,5-10,13-18,21-22,31,38,43H,4,11-12,19-20,23-30,32-33H2. The molecule has 4 aromatic rings. The maximum absolute atomic E-state index is 13.8. The lowest BCUT2D eigenvalue weighted by atomic mass is 9.94. The van der Waals surface area contributed by atoms with Gasteiger partial charge in [0.2, 0.25) is 5.91 Å². The third-order valence-electron chi connectivity index (χ3n) is 9.49. The molecule has 52 heavy (non-hydrogen) atoms. The van der Waals surface area contributed by atoms with Gasteiger partial charge in [0.25, 0.3) is 0 Å². The highest BCUT2D eigenvalue weighted by molar-refractivity contribution is 5.77.